The fraction of sp³-hybridized carbons (Fsp3) is 0.929. The Bertz CT molecular complexity index is 189. The largest absolute Gasteiger partial charge is 0.378 e. The summed E-state index contributed by atoms with van der Waals surface area (Å²) < 4.78 is 5.55. The highest BCUT2D eigenvalue weighted by atomic mass is 16.5. The van der Waals surface area contributed by atoms with Crippen molar-refractivity contribution >= 4 is 5.78 Å². The van der Waals surface area contributed by atoms with Gasteiger partial charge in [-0.25, -0.2) is 0 Å². The fourth-order valence-corrected chi connectivity index (χ4v) is 2.54. The van der Waals surface area contributed by atoms with E-state index in [1.807, 2.05) is 0 Å². The van der Waals surface area contributed by atoms with Gasteiger partial charge in [0.1, 0.15) is 5.78 Å². The molecule has 1 fully saturated rings. The van der Waals surface area contributed by atoms with Crippen LogP contribution in [0.25, 0.3) is 0 Å². The van der Waals surface area contributed by atoms with Gasteiger partial charge < -0.3 is 4.74 Å². The number of hydrogen-bond acceptors (Lipinski definition) is 2. The molecule has 0 aliphatic carbocycles. The zero-order valence-electron chi connectivity index (χ0n) is 10.8. The van der Waals surface area contributed by atoms with E-state index in [2.05, 4.69) is 13.8 Å². The highest BCUT2D eigenvalue weighted by molar-refractivity contribution is 5.80. The summed E-state index contributed by atoms with van der Waals surface area (Å²) in [5, 5.41) is 0. The van der Waals surface area contributed by atoms with Crippen LogP contribution in [0.15, 0.2) is 0 Å². The number of carbonyl (C=O) groups excluding carboxylic acids is 1. The van der Waals surface area contributed by atoms with Crippen molar-refractivity contribution in [3.05, 3.63) is 0 Å². The Morgan fingerprint density at radius 3 is 2.50 bits per heavy atom. The third-order valence-corrected chi connectivity index (χ3v) is 3.47. The molecule has 0 bridgehead atoms. The highest BCUT2D eigenvalue weighted by Crippen LogP contribution is 2.21. The maximum atomic E-state index is 12.0. The van der Waals surface area contributed by atoms with Gasteiger partial charge in [-0.15, -0.1) is 0 Å². The standard InChI is InChI=1S/C14H26O2/c1-3-6-12(7-4-2)14(15)10-9-13-8-5-11-16-13/h12-13H,3-11H2,1-2H3. The molecule has 0 N–H and O–H groups in total. The summed E-state index contributed by atoms with van der Waals surface area (Å²) in [6.45, 7) is 5.22. The Kier molecular flexibility index (Phi) is 6.70. The average Bonchev–Trinajstić information content (AvgIpc) is 2.78. The SMILES string of the molecule is CCCC(CCC)C(=O)CCC1CCCO1. The van der Waals surface area contributed by atoms with Crippen molar-refractivity contribution in [2.75, 3.05) is 6.61 Å². The summed E-state index contributed by atoms with van der Waals surface area (Å²) in [5.41, 5.74) is 0. The van der Waals surface area contributed by atoms with E-state index >= 15 is 0 Å². The molecule has 0 radical (unpaired) electrons. The number of rotatable bonds is 8. The van der Waals surface area contributed by atoms with E-state index < -0.39 is 0 Å². The molecule has 0 spiro atoms. The molecular weight excluding hydrogens is 200 g/mol. The predicted molar refractivity (Wildman–Crippen MR) is 66.5 cm³/mol. The molecule has 0 aromatic carbocycles. The quantitative estimate of drug-likeness (QED) is 0.630. The van der Waals surface area contributed by atoms with E-state index in [0.29, 0.717) is 17.8 Å². The topological polar surface area (TPSA) is 26.3 Å². The van der Waals surface area contributed by atoms with Crippen LogP contribution in [0.3, 0.4) is 0 Å². The molecule has 0 aromatic heterocycles. The van der Waals surface area contributed by atoms with Gasteiger partial charge in [0, 0.05) is 18.9 Å². The summed E-state index contributed by atoms with van der Waals surface area (Å²) in [5.74, 6) is 0.788. The van der Waals surface area contributed by atoms with Crippen LogP contribution in [0.2, 0.25) is 0 Å². The zero-order chi connectivity index (χ0) is 11.8. The van der Waals surface area contributed by atoms with E-state index in [1.54, 1.807) is 0 Å². The van der Waals surface area contributed by atoms with Gasteiger partial charge in [0.15, 0.2) is 0 Å². The van der Waals surface area contributed by atoms with Gasteiger partial charge in [0.2, 0.25) is 0 Å². The third-order valence-electron chi connectivity index (χ3n) is 3.47. The van der Waals surface area contributed by atoms with Crippen LogP contribution in [0.5, 0.6) is 0 Å². The second-order valence-electron chi connectivity index (χ2n) is 4.91. The maximum Gasteiger partial charge on any atom is 0.136 e. The molecule has 16 heavy (non-hydrogen) atoms. The number of ketones is 1. The summed E-state index contributed by atoms with van der Waals surface area (Å²) in [7, 11) is 0. The van der Waals surface area contributed by atoms with Crippen molar-refractivity contribution in [2.45, 2.75) is 71.3 Å². The zero-order valence-corrected chi connectivity index (χ0v) is 10.8. The number of ether oxygens (including phenoxy) is 1. The molecule has 0 amide bonds. The number of carbonyl (C=O) groups is 1. The molecule has 1 aliphatic rings. The molecule has 0 aromatic rings. The summed E-state index contributed by atoms with van der Waals surface area (Å²) >= 11 is 0. The average molecular weight is 226 g/mol. The summed E-state index contributed by atoms with van der Waals surface area (Å²) in [6.07, 6.45) is 8.75. The fourth-order valence-electron chi connectivity index (χ4n) is 2.54. The second-order valence-corrected chi connectivity index (χ2v) is 4.91. The van der Waals surface area contributed by atoms with Gasteiger partial charge in [-0.1, -0.05) is 26.7 Å². The lowest BCUT2D eigenvalue weighted by atomic mass is 9.90. The van der Waals surface area contributed by atoms with Crippen LogP contribution < -0.4 is 0 Å². The minimum Gasteiger partial charge on any atom is -0.378 e. The van der Waals surface area contributed by atoms with E-state index in [9.17, 15) is 4.79 Å². The van der Waals surface area contributed by atoms with Crippen LogP contribution in [-0.4, -0.2) is 18.5 Å². The van der Waals surface area contributed by atoms with Crippen molar-refractivity contribution < 1.29 is 9.53 Å². The molecule has 0 saturated carbocycles. The van der Waals surface area contributed by atoms with Crippen molar-refractivity contribution in [3.8, 4) is 0 Å². The minimum atomic E-state index is 0.316. The van der Waals surface area contributed by atoms with Crippen LogP contribution in [0.1, 0.15) is 65.2 Å². The van der Waals surface area contributed by atoms with Crippen molar-refractivity contribution in [1.82, 2.24) is 0 Å². The Morgan fingerprint density at radius 1 is 1.31 bits per heavy atom. The molecule has 1 saturated heterocycles. The van der Waals surface area contributed by atoms with E-state index in [4.69, 9.17) is 4.74 Å². The smallest absolute Gasteiger partial charge is 0.136 e. The maximum absolute atomic E-state index is 12.0. The van der Waals surface area contributed by atoms with Gasteiger partial charge in [0.05, 0.1) is 6.10 Å². The lowest BCUT2D eigenvalue weighted by Crippen LogP contribution is -2.17. The first kappa shape index (κ1) is 13.7. The summed E-state index contributed by atoms with van der Waals surface area (Å²) in [6, 6.07) is 0. The summed E-state index contributed by atoms with van der Waals surface area (Å²) in [4.78, 5) is 12.0. The van der Waals surface area contributed by atoms with Gasteiger partial charge in [0.25, 0.3) is 0 Å². The van der Waals surface area contributed by atoms with Crippen LogP contribution in [-0.2, 0) is 9.53 Å². The Balaban J connectivity index is 2.24. The van der Waals surface area contributed by atoms with Gasteiger partial charge in [-0.05, 0) is 32.1 Å². The molecular formula is C14H26O2. The van der Waals surface area contributed by atoms with Crippen molar-refractivity contribution in [1.29, 1.82) is 0 Å². The molecule has 1 rings (SSSR count). The molecule has 1 atom stereocenters. The van der Waals surface area contributed by atoms with Crippen LogP contribution in [0, 0.1) is 5.92 Å². The number of hydrogen-bond donors (Lipinski definition) is 0. The van der Waals surface area contributed by atoms with E-state index in [-0.39, 0.29) is 0 Å². The second kappa shape index (κ2) is 7.83. The molecule has 2 nitrogen and oxygen atoms in total. The molecule has 94 valence electrons. The lowest BCUT2D eigenvalue weighted by molar-refractivity contribution is -0.124. The monoisotopic (exact) mass is 226 g/mol. The van der Waals surface area contributed by atoms with Crippen LogP contribution >= 0.6 is 0 Å². The van der Waals surface area contributed by atoms with Gasteiger partial charge in [-0.2, -0.15) is 0 Å². The highest BCUT2D eigenvalue weighted by Gasteiger charge is 2.20. The normalized spacial score (nSPS) is 20.6. The van der Waals surface area contributed by atoms with Gasteiger partial charge >= 0.3 is 0 Å². The number of Topliss-reactive ketones (excluding diaryl/α,β-unsaturated/α-hetero) is 1. The Morgan fingerprint density at radius 2 is 2.00 bits per heavy atom. The van der Waals surface area contributed by atoms with Crippen molar-refractivity contribution in [2.24, 2.45) is 5.92 Å². The third kappa shape index (κ3) is 4.65. The first-order chi connectivity index (χ1) is 7.77. The van der Waals surface area contributed by atoms with Gasteiger partial charge in [-0.3, -0.25) is 4.79 Å². The minimum absolute atomic E-state index is 0.316. The first-order valence-corrected chi connectivity index (χ1v) is 6.92. The van der Waals surface area contributed by atoms with E-state index in [1.165, 1.54) is 6.42 Å². The Labute approximate surface area is 99.8 Å². The first-order valence-electron chi connectivity index (χ1n) is 6.92. The molecule has 1 heterocycles. The van der Waals surface area contributed by atoms with E-state index in [0.717, 1.165) is 51.6 Å². The predicted octanol–water partition coefficient (Wildman–Crippen LogP) is 3.73. The lowest BCUT2D eigenvalue weighted by Gasteiger charge is -2.15. The molecule has 1 aliphatic heterocycles. The van der Waals surface area contributed by atoms with Crippen molar-refractivity contribution in [3.63, 3.8) is 0 Å². The molecule has 2 heteroatoms. The van der Waals surface area contributed by atoms with Crippen LogP contribution in [0.4, 0.5) is 0 Å². The Hall–Kier alpha value is -0.370. The molecule has 1 unspecified atom stereocenters.